The van der Waals surface area contributed by atoms with Gasteiger partial charge in [-0.15, -0.1) is 0 Å². The van der Waals surface area contributed by atoms with Crippen molar-refractivity contribution >= 4 is 11.9 Å². The molecule has 16 heavy (non-hydrogen) atoms. The lowest BCUT2D eigenvalue weighted by Crippen LogP contribution is -2.44. The van der Waals surface area contributed by atoms with Crippen molar-refractivity contribution in [3.63, 3.8) is 0 Å². The summed E-state index contributed by atoms with van der Waals surface area (Å²) in [7, 11) is 0. The first-order valence-electron chi connectivity index (χ1n) is 5.85. The third-order valence-electron chi connectivity index (χ3n) is 3.78. The smallest absolute Gasteiger partial charge is 0.310 e. The predicted molar refractivity (Wildman–Crippen MR) is 53.7 cm³/mol. The van der Waals surface area contributed by atoms with Crippen LogP contribution in [0.15, 0.2) is 0 Å². The van der Waals surface area contributed by atoms with E-state index < -0.39 is 17.8 Å². The molecule has 0 aromatic carbocycles. The maximum Gasteiger partial charge on any atom is 0.310 e. The van der Waals surface area contributed by atoms with E-state index in [4.69, 9.17) is 9.84 Å². The molecule has 2 bridgehead atoms. The standard InChI is InChI=1S/C11H15NO4/c13-10(12-5-1-2-5)8-6-3-4-7(16-6)9(8)11(14)15/h5-9H,1-4H2,(H,12,13)(H,14,15)/t6-,7+,8+,9+/m1/s1. The lowest BCUT2D eigenvalue weighted by Gasteiger charge is -2.23. The van der Waals surface area contributed by atoms with Crippen LogP contribution in [0.5, 0.6) is 0 Å². The monoisotopic (exact) mass is 225 g/mol. The zero-order chi connectivity index (χ0) is 11.3. The van der Waals surface area contributed by atoms with Gasteiger partial charge in [-0.05, 0) is 25.7 Å². The van der Waals surface area contributed by atoms with Crippen molar-refractivity contribution in [3.8, 4) is 0 Å². The normalized spacial score (nSPS) is 41.0. The molecule has 1 aliphatic carbocycles. The molecule has 0 aromatic heterocycles. The molecule has 0 unspecified atom stereocenters. The molecular weight excluding hydrogens is 210 g/mol. The molecule has 3 aliphatic rings. The number of rotatable bonds is 3. The molecule has 0 spiro atoms. The highest BCUT2D eigenvalue weighted by atomic mass is 16.5. The van der Waals surface area contributed by atoms with Gasteiger partial charge in [-0.2, -0.15) is 0 Å². The average Bonchev–Trinajstić information content (AvgIpc) is 2.81. The Kier molecular flexibility index (Phi) is 2.17. The number of carboxylic acid groups (broad SMARTS) is 1. The first-order chi connectivity index (χ1) is 7.66. The van der Waals surface area contributed by atoms with E-state index in [1.807, 2.05) is 0 Å². The number of ether oxygens (including phenoxy) is 1. The second kappa shape index (κ2) is 3.45. The maximum atomic E-state index is 11.9. The Balaban J connectivity index is 1.75. The van der Waals surface area contributed by atoms with E-state index >= 15 is 0 Å². The molecule has 88 valence electrons. The largest absolute Gasteiger partial charge is 0.481 e. The van der Waals surface area contributed by atoms with Crippen LogP contribution in [-0.4, -0.2) is 35.2 Å². The van der Waals surface area contributed by atoms with E-state index in [-0.39, 0.29) is 24.2 Å². The Labute approximate surface area is 93.2 Å². The number of carboxylic acids is 1. The average molecular weight is 225 g/mol. The summed E-state index contributed by atoms with van der Waals surface area (Å²) in [6.45, 7) is 0. The number of amides is 1. The molecule has 2 N–H and O–H groups in total. The molecule has 2 saturated heterocycles. The van der Waals surface area contributed by atoms with Crippen LogP contribution in [0.4, 0.5) is 0 Å². The lowest BCUT2D eigenvalue weighted by molar-refractivity contribution is -0.147. The second-order valence-electron chi connectivity index (χ2n) is 4.96. The Morgan fingerprint density at radius 3 is 2.25 bits per heavy atom. The van der Waals surface area contributed by atoms with Gasteiger partial charge in [0.15, 0.2) is 0 Å². The summed E-state index contributed by atoms with van der Waals surface area (Å²) in [5.74, 6) is -2.14. The number of hydrogen-bond donors (Lipinski definition) is 2. The van der Waals surface area contributed by atoms with Gasteiger partial charge >= 0.3 is 5.97 Å². The van der Waals surface area contributed by atoms with Crippen LogP contribution in [0.25, 0.3) is 0 Å². The Bertz CT molecular complexity index is 339. The topological polar surface area (TPSA) is 75.6 Å². The van der Waals surface area contributed by atoms with Gasteiger partial charge in [0.25, 0.3) is 0 Å². The highest BCUT2D eigenvalue weighted by Crippen LogP contribution is 2.43. The molecular formula is C11H15NO4. The maximum absolute atomic E-state index is 11.9. The summed E-state index contributed by atoms with van der Waals surface area (Å²) in [4.78, 5) is 23.1. The summed E-state index contributed by atoms with van der Waals surface area (Å²) in [6.07, 6.45) is 3.20. The van der Waals surface area contributed by atoms with Crippen LogP contribution in [0.3, 0.4) is 0 Å². The Morgan fingerprint density at radius 1 is 1.06 bits per heavy atom. The number of fused-ring (bicyclic) bond motifs is 2. The van der Waals surface area contributed by atoms with Gasteiger partial charge in [0, 0.05) is 6.04 Å². The van der Waals surface area contributed by atoms with E-state index in [1.165, 1.54) is 0 Å². The van der Waals surface area contributed by atoms with E-state index in [9.17, 15) is 9.59 Å². The van der Waals surface area contributed by atoms with Gasteiger partial charge in [0.1, 0.15) is 0 Å². The Morgan fingerprint density at radius 2 is 1.69 bits per heavy atom. The van der Waals surface area contributed by atoms with Crippen molar-refractivity contribution in [1.29, 1.82) is 0 Å². The minimum Gasteiger partial charge on any atom is -0.481 e. The molecule has 0 aromatic rings. The van der Waals surface area contributed by atoms with Gasteiger partial charge in [-0.25, -0.2) is 0 Å². The first kappa shape index (κ1) is 10.1. The van der Waals surface area contributed by atoms with Crippen molar-refractivity contribution in [2.24, 2.45) is 11.8 Å². The lowest BCUT2D eigenvalue weighted by atomic mass is 9.78. The SMILES string of the molecule is O=C(O)[C@@H]1[C@@H](C(=O)NC2CC2)[C@H]2CC[C@@H]1O2. The highest BCUT2D eigenvalue weighted by molar-refractivity contribution is 5.86. The van der Waals surface area contributed by atoms with Gasteiger partial charge in [0.2, 0.25) is 5.91 Å². The molecule has 0 radical (unpaired) electrons. The summed E-state index contributed by atoms with van der Waals surface area (Å²) in [5.41, 5.74) is 0. The third kappa shape index (κ3) is 1.50. The summed E-state index contributed by atoms with van der Waals surface area (Å²) >= 11 is 0. The van der Waals surface area contributed by atoms with E-state index in [2.05, 4.69) is 5.32 Å². The minimum atomic E-state index is -0.900. The minimum absolute atomic E-state index is 0.123. The van der Waals surface area contributed by atoms with Crippen LogP contribution < -0.4 is 5.32 Å². The van der Waals surface area contributed by atoms with Gasteiger partial charge in [-0.1, -0.05) is 0 Å². The van der Waals surface area contributed by atoms with Crippen molar-refractivity contribution in [2.75, 3.05) is 0 Å². The quantitative estimate of drug-likeness (QED) is 0.716. The first-order valence-corrected chi connectivity index (χ1v) is 5.85. The third-order valence-corrected chi connectivity index (χ3v) is 3.78. The molecule has 5 nitrogen and oxygen atoms in total. The molecule has 1 amide bonds. The van der Waals surface area contributed by atoms with Gasteiger partial charge in [-0.3, -0.25) is 9.59 Å². The number of carbonyl (C=O) groups excluding carboxylic acids is 1. The zero-order valence-corrected chi connectivity index (χ0v) is 8.89. The molecule has 3 rings (SSSR count). The fraction of sp³-hybridized carbons (Fsp3) is 0.818. The fourth-order valence-electron chi connectivity index (χ4n) is 2.85. The molecule has 5 heteroatoms. The molecule has 3 fully saturated rings. The number of hydrogen-bond acceptors (Lipinski definition) is 3. The molecule has 2 heterocycles. The second-order valence-corrected chi connectivity index (χ2v) is 4.96. The van der Waals surface area contributed by atoms with Crippen LogP contribution in [0, 0.1) is 11.8 Å². The molecule has 1 saturated carbocycles. The number of nitrogens with one attached hydrogen (secondary N) is 1. The Hall–Kier alpha value is -1.10. The van der Waals surface area contributed by atoms with Crippen molar-refractivity contribution in [1.82, 2.24) is 5.32 Å². The van der Waals surface area contributed by atoms with Crippen molar-refractivity contribution in [3.05, 3.63) is 0 Å². The van der Waals surface area contributed by atoms with E-state index in [0.29, 0.717) is 0 Å². The summed E-state index contributed by atoms with van der Waals surface area (Å²) in [5, 5.41) is 12.0. The van der Waals surface area contributed by atoms with Gasteiger partial charge < -0.3 is 15.2 Å². The van der Waals surface area contributed by atoms with Crippen LogP contribution in [0.1, 0.15) is 25.7 Å². The van der Waals surface area contributed by atoms with E-state index in [0.717, 1.165) is 25.7 Å². The highest BCUT2D eigenvalue weighted by Gasteiger charge is 2.55. The summed E-state index contributed by atoms with van der Waals surface area (Å²) in [6, 6.07) is 0.279. The zero-order valence-electron chi connectivity index (χ0n) is 8.89. The van der Waals surface area contributed by atoms with Crippen molar-refractivity contribution in [2.45, 2.75) is 43.9 Å². The predicted octanol–water partition coefficient (Wildman–Crippen LogP) is 0.143. The fourth-order valence-corrected chi connectivity index (χ4v) is 2.85. The molecule has 4 atom stereocenters. The van der Waals surface area contributed by atoms with E-state index in [1.54, 1.807) is 0 Å². The molecule has 2 aliphatic heterocycles. The summed E-state index contributed by atoms with van der Waals surface area (Å²) < 4.78 is 5.54. The van der Waals surface area contributed by atoms with Gasteiger partial charge in [0.05, 0.1) is 24.0 Å². The van der Waals surface area contributed by atoms with Crippen LogP contribution >= 0.6 is 0 Å². The van der Waals surface area contributed by atoms with Crippen LogP contribution in [-0.2, 0) is 14.3 Å². The number of carbonyl (C=O) groups is 2. The van der Waals surface area contributed by atoms with Crippen molar-refractivity contribution < 1.29 is 19.4 Å². The number of aliphatic carboxylic acids is 1. The van der Waals surface area contributed by atoms with Crippen LogP contribution in [0.2, 0.25) is 0 Å².